The Morgan fingerprint density at radius 3 is 2.50 bits per heavy atom. The Hall–Kier alpha value is -1.26. The fourth-order valence-corrected chi connectivity index (χ4v) is 1.01. The number of terminal acetylenes is 1. The van der Waals surface area contributed by atoms with Gasteiger partial charge in [-0.1, -0.05) is 35.7 Å². The smallest absolute Gasteiger partial charge is 0.118 e. The highest BCUT2D eigenvalue weighted by Gasteiger charge is 1.99. The van der Waals surface area contributed by atoms with Crippen molar-refractivity contribution in [2.75, 3.05) is 0 Å². The molecule has 1 heteroatoms. The Balaban J connectivity index is 2.66. The van der Waals surface area contributed by atoms with E-state index in [0.29, 0.717) is 6.42 Å². The standard InChI is InChI=1S/C11H12O/c1-3-11(12)8-10-6-4-9(2)5-7-10/h1,4-7,11-12H,8H2,2H3. The van der Waals surface area contributed by atoms with Gasteiger partial charge in [-0.2, -0.15) is 0 Å². The lowest BCUT2D eigenvalue weighted by Gasteiger charge is -2.03. The quantitative estimate of drug-likeness (QED) is 0.650. The van der Waals surface area contributed by atoms with E-state index in [0.717, 1.165) is 5.56 Å². The second-order valence-corrected chi connectivity index (χ2v) is 2.87. The minimum Gasteiger partial charge on any atom is -0.380 e. The van der Waals surface area contributed by atoms with Crippen molar-refractivity contribution in [3.63, 3.8) is 0 Å². The zero-order valence-electron chi connectivity index (χ0n) is 7.12. The molecule has 0 heterocycles. The lowest BCUT2D eigenvalue weighted by Crippen LogP contribution is -2.06. The highest BCUT2D eigenvalue weighted by atomic mass is 16.3. The summed E-state index contributed by atoms with van der Waals surface area (Å²) >= 11 is 0. The van der Waals surface area contributed by atoms with Crippen molar-refractivity contribution in [1.29, 1.82) is 0 Å². The molecule has 1 N–H and O–H groups in total. The molecule has 62 valence electrons. The predicted molar refractivity (Wildman–Crippen MR) is 49.7 cm³/mol. The van der Waals surface area contributed by atoms with Gasteiger partial charge in [0, 0.05) is 6.42 Å². The Kier molecular flexibility index (Phi) is 2.90. The number of benzene rings is 1. The zero-order chi connectivity index (χ0) is 8.97. The van der Waals surface area contributed by atoms with Crippen LogP contribution < -0.4 is 0 Å². The summed E-state index contributed by atoms with van der Waals surface area (Å²) in [6, 6.07) is 7.99. The van der Waals surface area contributed by atoms with Crippen LogP contribution in [0, 0.1) is 19.3 Å². The van der Waals surface area contributed by atoms with E-state index in [9.17, 15) is 0 Å². The largest absolute Gasteiger partial charge is 0.380 e. The fraction of sp³-hybridized carbons (Fsp3) is 0.273. The third-order valence-corrected chi connectivity index (χ3v) is 1.74. The summed E-state index contributed by atoms with van der Waals surface area (Å²) in [6.45, 7) is 2.03. The predicted octanol–water partition coefficient (Wildman–Crippen LogP) is 1.53. The van der Waals surface area contributed by atoms with Gasteiger partial charge in [0.25, 0.3) is 0 Å². The molecule has 0 aliphatic rings. The topological polar surface area (TPSA) is 20.2 Å². The highest BCUT2D eigenvalue weighted by molar-refractivity contribution is 5.22. The Morgan fingerprint density at radius 1 is 1.42 bits per heavy atom. The summed E-state index contributed by atoms with van der Waals surface area (Å²) in [5, 5.41) is 9.14. The van der Waals surface area contributed by atoms with Crippen molar-refractivity contribution >= 4 is 0 Å². The van der Waals surface area contributed by atoms with Crippen molar-refractivity contribution in [3.05, 3.63) is 35.4 Å². The first kappa shape index (κ1) is 8.83. The van der Waals surface area contributed by atoms with Crippen molar-refractivity contribution < 1.29 is 5.11 Å². The van der Waals surface area contributed by atoms with Gasteiger partial charge in [0.2, 0.25) is 0 Å². The van der Waals surface area contributed by atoms with Crippen molar-refractivity contribution in [2.45, 2.75) is 19.4 Å². The van der Waals surface area contributed by atoms with Gasteiger partial charge in [-0.05, 0) is 12.5 Å². The third-order valence-electron chi connectivity index (χ3n) is 1.74. The molecule has 0 aliphatic heterocycles. The SMILES string of the molecule is C#CC(O)Cc1ccc(C)cc1. The van der Waals surface area contributed by atoms with Gasteiger partial charge in [0.05, 0.1) is 0 Å². The second-order valence-electron chi connectivity index (χ2n) is 2.87. The average molecular weight is 160 g/mol. The molecule has 0 radical (unpaired) electrons. The number of aliphatic hydroxyl groups is 1. The molecule has 1 nitrogen and oxygen atoms in total. The number of rotatable bonds is 2. The maximum absolute atomic E-state index is 9.14. The highest BCUT2D eigenvalue weighted by Crippen LogP contribution is 2.05. The molecule has 0 saturated carbocycles. The molecule has 1 aromatic rings. The van der Waals surface area contributed by atoms with Crippen LogP contribution in [0.2, 0.25) is 0 Å². The molecule has 12 heavy (non-hydrogen) atoms. The van der Waals surface area contributed by atoms with Crippen LogP contribution in [0.1, 0.15) is 11.1 Å². The fourth-order valence-electron chi connectivity index (χ4n) is 1.01. The maximum Gasteiger partial charge on any atom is 0.118 e. The van der Waals surface area contributed by atoms with Crippen LogP contribution >= 0.6 is 0 Å². The van der Waals surface area contributed by atoms with Crippen LogP contribution in [-0.4, -0.2) is 11.2 Å². The molecule has 0 bridgehead atoms. The Bertz CT molecular complexity index is 279. The Morgan fingerprint density at radius 2 is 2.00 bits per heavy atom. The van der Waals surface area contributed by atoms with Crippen LogP contribution in [0.3, 0.4) is 0 Å². The summed E-state index contributed by atoms with van der Waals surface area (Å²) in [7, 11) is 0. The van der Waals surface area contributed by atoms with Crippen LogP contribution in [0.25, 0.3) is 0 Å². The average Bonchev–Trinajstić information content (AvgIpc) is 2.09. The lowest BCUT2D eigenvalue weighted by atomic mass is 10.1. The molecule has 1 atom stereocenters. The van der Waals surface area contributed by atoms with Crippen LogP contribution in [-0.2, 0) is 6.42 Å². The van der Waals surface area contributed by atoms with E-state index in [4.69, 9.17) is 11.5 Å². The second kappa shape index (κ2) is 3.94. The van der Waals surface area contributed by atoms with Gasteiger partial charge in [-0.3, -0.25) is 0 Å². The summed E-state index contributed by atoms with van der Waals surface area (Å²) in [6.07, 6.45) is 4.93. The van der Waals surface area contributed by atoms with E-state index < -0.39 is 6.10 Å². The monoisotopic (exact) mass is 160 g/mol. The van der Waals surface area contributed by atoms with Crippen molar-refractivity contribution in [3.8, 4) is 12.3 Å². The van der Waals surface area contributed by atoms with E-state index in [2.05, 4.69) is 5.92 Å². The van der Waals surface area contributed by atoms with Gasteiger partial charge in [0.15, 0.2) is 0 Å². The molecule has 1 rings (SSSR count). The Labute approximate surface area is 73.0 Å². The minimum atomic E-state index is -0.660. The van der Waals surface area contributed by atoms with Crippen molar-refractivity contribution in [1.82, 2.24) is 0 Å². The van der Waals surface area contributed by atoms with E-state index >= 15 is 0 Å². The number of aryl methyl sites for hydroxylation is 1. The van der Waals surface area contributed by atoms with Crippen molar-refractivity contribution in [2.24, 2.45) is 0 Å². The number of hydrogen-bond acceptors (Lipinski definition) is 1. The van der Waals surface area contributed by atoms with E-state index in [-0.39, 0.29) is 0 Å². The maximum atomic E-state index is 9.14. The van der Waals surface area contributed by atoms with E-state index in [1.54, 1.807) is 0 Å². The molecule has 1 unspecified atom stereocenters. The molecule has 0 aliphatic carbocycles. The van der Waals surface area contributed by atoms with Crippen LogP contribution in [0.4, 0.5) is 0 Å². The summed E-state index contributed by atoms with van der Waals surface area (Å²) in [5.41, 5.74) is 2.29. The number of aliphatic hydroxyl groups excluding tert-OH is 1. The summed E-state index contributed by atoms with van der Waals surface area (Å²) < 4.78 is 0. The first-order valence-electron chi connectivity index (χ1n) is 3.92. The van der Waals surface area contributed by atoms with Gasteiger partial charge in [0.1, 0.15) is 6.10 Å². The molecule has 0 spiro atoms. The molecule has 0 fully saturated rings. The third kappa shape index (κ3) is 2.41. The van der Waals surface area contributed by atoms with Crippen LogP contribution in [0.5, 0.6) is 0 Å². The minimum absolute atomic E-state index is 0.538. The molecule has 0 saturated heterocycles. The summed E-state index contributed by atoms with van der Waals surface area (Å²) in [5.74, 6) is 2.28. The van der Waals surface area contributed by atoms with Gasteiger partial charge < -0.3 is 5.11 Å². The molecular weight excluding hydrogens is 148 g/mol. The van der Waals surface area contributed by atoms with Crippen LogP contribution in [0.15, 0.2) is 24.3 Å². The normalized spacial score (nSPS) is 12.1. The molecule has 1 aromatic carbocycles. The molecule has 0 amide bonds. The number of hydrogen-bond donors (Lipinski definition) is 1. The zero-order valence-corrected chi connectivity index (χ0v) is 7.12. The molecule has 0 aromatic heterocycles. The van der Waals surface area contributed by atoms with Gasteiger partial charge in [-0.15, -0.1) is 6.42 Å². The first-order valence-corrected chi connectivity index (χ1v) is 3.92. The van der Waals surface area contributed by atoms with E-state index in [1.165, 1.54) is 5.56 Å². The lowest BCUT2D eigenvalue weighted by molar-refractivity contribution is 0.233. The van der Waals surface area contributed by atoms with E-state index in [1.807, 2.05) is 31.2 Å². The van der Waals surface area contributed by atoms with Gasteiger partial charge >= 0.3 is 0 Å². The van der Waals surface area contributed by atoms with Gasteiger partial charge in [-0.25, -0.2) is 0 Å². The molecular formula is C11H12O. The first-order chi connectivity index (χ1) is 5.72. The summed E-state index contributed by atoms with van der Waals surface area (Å²) in [4.78, 5) is 0.